The number of piperidine rings is 3. The van der Waals surface area contributed by atoms with Crippen LogP contribution in [0.25, 0.3) is 10.1 Å². The highest BCUT2D eigenvalue weighted by molar-refractivity contribution is 7.20. The third-order valence-corrected chi connectivity index (χ3v) is 6.27. The summed E-state index contributed by atoms with van der Waals surface area (Å²) >= 11 is 1.39. The lowest BCUT2D eigenvalue weighted by Gasteiger charge is -2.49. The number of hydrogen-bond acceptors (Lipinski definition) is 5. The van der Waals surface area contributed by atoms with Crippen LogP contribution in [0.3, 0.4) is 0 Å². The first-order valence-electron chi connectivity index (χ1n) is 8.05. The fourth-order valence-electron chi connectivity index (χ4n) is 3.91. The van der Waals surface area contributed by atoms with Crippen LogP contribution in [0, 0.1) is 5.92 Å². The molecule has 2 unspecified atom stereocenters. The molecule has 5 heterocycles. The molecule has 2 bridgehead atoms. The largest absolute Gasteiger partial charge is 0.346 e. The second-order valence-electron chi connectivity index (χ2n) is 6.49. The van der Waals surface area contributed by atoms with Gasteiger partial charge in [0.25, 0.3) is 5.91 Å². The number of hydrogen-bond donors (Lipinski definition) is 1. The first-order valence-corrected chi connectivity index (χ1v) is 8.87. The average molecular weight is 329 g/mol. The summed E-state index contributed by atoms with van der Waals surface area (Å²) < 4.78 is 0.925. The zero-order chi connectivity index (χ0) is 16.0. The normalized spacial score (nSPS) is 29.6. The quantitative estimate of drug-likeness (QED) is 0.878. The molecule has 23 heavy (non-hydrogen) atoms. The third kappa shape index (κ3) is 2.56. The summed E-state index contributed by atoms with van der Waals surface area (Å²) in [5.41, 5.74) is 0.431. The molecular formula is C17H19N3O2S. The van der Waals surface area contributed by atoms with Gasteiger partial charge >= 0.3 is 0 Å². The zero-order valence-electron chi connectivity index (χ0n) is 13.0. The van der Waals surface area contributed by atoms with Gasteiger partial charge < -0.3 is 5.32 Å². The predicted molar refractivity (Wildman–Crippen MR) is 90.0 cm³/mol. The summed E-state index contributed by atoms with van der Waals surface area (Å²) in [6.07, 6.45) is 4.83. The summed E-state index contributed by atoms with van der Waals surface area (Å²) in [5, 5.41) is 4.10. The molecule has 120 valence electrons. The maximum atomic E-state index is 12.6. The summed E-state index contributed by atoms with van der Waals surface area (Å²) in [4.78, 5) is 30.9. The molecule has 0 aromatic carbocycles. The molecule has 1 amide bonds. The van der Waals surface area contributed by atoms with E-state index in [9.17, 15) is 9.59 Å². The fourth-order valence-corrected chi connectivity index (χ4v) is 4.79. The van der Waals surface area contributed by atoms with Gasteiger partial charge in [0.1, 0.15) is 5.69 Å². The maximum absolute atomic E-state index is 12.6. The van der Waals surface area contributed by atoms with E-state index >= 15 is 0 Å². The van der Waals surface area contributed by atoms with Gasteiger partial charge in [0.2, 0.25) is 0 Å². The summed E-state index contributed by atoms with van der Waals surface area (Å²) in [6.45, 7) is 4.49. The molecule has 3 aliphatic rings. The smallest absolute Gasteiger partial charge is 0.270 e. The van der Waals surface area contributed by atoms with Crippen LogP contribution < -0.4 is 5.32 Å². The van der Waals surface area contributed by atoms with Gasteiger partial charge in [-0.05, 0) is 50.9 Å². The molecule has 5 rings (SSSR count). The fraction of sp³-hybridized carbons (Fsp3) is 0.471. The van der Waals surface area contributed by atoms with Gasteiger partial charge in [0.15, 0.2) is 6.29 Å². The summed E-state index contributed by atoms with van der Waals surface area (Å²) in [7, 11) is 0. The molecule has 0 radical (unpaired) electrons. The number of amides is 1. The average Bonchev–Trinajstić information content (AvgIpc) is 3.00. The molecule has 2 atom stereocenters. The van der Waals surface area contributed by atoms with E-state index in [-0.39, 0.29) is 11.9 Å². The molecule has 3 fully saturated rings. The first kappa shape index (κ1) is 14.8. The number of carbonyl (C=O) groups is 2. The minimum Gasteiger partial charge on any atom is -0.346 e. The molecule has 5 nitrogen and oxygen atoms in total. The standard InChI is InChI=1S/C17H19N3O2S/c1-10-16(11-2-4-20(10)5-3-11)19-17(22)14-7-15-12(8-18-14)6-13(9-21)23-15/h6-11,16H,2-5H2,1H3,(H,19,22). The molecule has 0 spiro atoms. The minimum atomic E-state index is -0.112. The molecular weight excluding hydrogens is 310 g/mol. The lowest BCUT2D eigenvalue weighted by atomic mass is 9.79. The van der Waals surface area contributed by atoms with Gasteiger partial charge in [-0.25, -0.2) is 0 Å². The Bertz CT molecular complexity index is 762. The van der Waals surface area contributed by atoms with Crippen molar-refractivity contribution in [3.63, 3.8) is 0 Å². The Morgan fingerprint density at radius 3 is 2.87 bits per heavy atom. The highest BCUT2D eigenvalue weighted by Gasteiger charge is 2.40. The number of thiophene rings is 1. The molecule has 2 aromatic heterocycles. The third-order valence-electron chi connectivity index (χ3n) is 5.24. The number of nitrogens with zero attached hydrogens (tertiary/aromatic N) is 2. The Kier molecular flexibility index (Phi) is 3.66. The van der Waals surface area contributed by atoms with Crippen molar-refractivity contribution in [1.29, 1.82) is 0 Å². The predicted octanol–water partition coefficient (Wildman–Crippen LogP) is 2.32. The Labute approximate surface area is 138 Å². The number of fused-ring (bicyclic) bond motifs is 4. The Hall–Kier alpha value is -1.79. The topological polar surface area (TPSA) is 62.3 Å². The van der Waals surface area contributed by atoms with Crippen LogP contribution >= 0.6 is 11.3 Å². The molecule has 1 N–H and O–H groups in total. The van der Waals surface area contributed by atoms with Gasteiger partial charge in [-0.2, -0.15) is 0 Å². The van der Waals surface area contributed by atoms with Gasteiger partial charge in [-0.15, -0.1) is 11.3 Å². The Morgan fingerprint density at radius 2 is 2.17 bits per heavy atom. The van der Waals surface area contributed by atoms with E-state index in [0.717, 1.165) is 42.3 Å². The van der Waals surface area contributed by atoms with Crippen LogP contribution in [-0.2, 0) is 0 Å². The molecule has 2 aromatic rings. The molecule has 0 aliphatic carbocycles. The van der Waals surface area contributed by atoms with Crippen molar-refractivity contribution in [3.8, 4) is 0 Å². The highest BCUT2D eigenvalue weighted by Crippen LogP contribution is 2.32. The monoisotopic (exact) mass is 329 g/mol. The van der Waals surface area contributed by atoms with Crippen molar-refractivity contribution in [2.45, 2.75) is 31.8 Å². The zero-order valence-corrected chi connectivity index (χ0v) is 13.8. The maximum Gasteiger partial charge on any atom is 0.270 e. The van der Waals surface area contributed by atoms with E-state index in [4.69, 9.17) is 0 Å². The van der Waals surface area contributed by atoms with Gasteiger partial charge in [0, 0.05) is 28.4 Å². The number of pyridine rings is 1. The van der Waals surface area contributed by atoms with E-state index in [1.54, 1.807) is 18.3 Å². The lowest BCUT2D eigenvalue weighted by molar-refractivity contribution is 0.0216. The van der Waals surface area contributed by atoms with E-state index in [1.807, 2.05) is 0 Å². The Morgan fingerprint density at radius 1 is 1.39 bits per heavy atom. The van der Waals surface area contributed by atoms with Crippen molar-refractivity contribution in [2.24, 2.45) is 5.92 Å². The van der Waals surface area contributed by atoms with Crippen molar-refractivity contribution in [3.05, 3.63) is 28.9 Å². The molecule has 3 saturated heterocycles. The van der Waals surface area contributed by atoms with Crippen molar-refractivity contribution < 1.29 is 9.59 Å². The van der Waals surface area contributed by atoms with Crippen molar-refractivity contribution >= 4 is 33.6 Å². The van der Waals surface area contributed by atoms with E-state index in [1.165, 1.54) is 11.3 Å². The summed E-state index contributed by atoms with van der Waals surface area (Å²) in [6, 6.07) is 4.18. The van der Waals surface area contributed by atoms with Crippen LogP contribution in [0.2, 0.25) is 0 Å². The minimum absolute atomic E-state index is 0.112. The van der Waals surface area contributed by atoms with E-state index < -0.39 is 0 Å². The van der Waals surface area contributed by atoms with E-state index in [2.05, 4.69) is 22.1 Å². The SMILES string of the molecule is CC1C(NC(=O)c2cc3sc(C=O)cc3cn2)C2CCN1CC2. The van der Waals surface area contributed by atoms with Crippen molar-refractivity contribution in [2.75, 3.05) is 13.1 Å². The Balaban J connectivity index is 1.55. The van der Waals surface area contributed by atoms with Crippen LogP contribution in [0.1, 0.15) is 39.9 Å². The highest BCUT2D eigenvalue weighted by atomic mass is 32.1. The number of carbonyl (C=O) groups excluding carboxylic acids is 2. The summed E-state index contributed by atoms with van der Waals surface area (Å²) in [5.74, 6) is 0.463. The molecule has 3 aliphatic heterocycles. The van der Waals surface area contributed by atoms with Crippen LogP contribution in [0.5, 0.6) is 0 Å². The second kappa shape index (κ2) is 5.69. The second-order valence-corrected chi connectivity index (χ2v) is 7.60. The van der Waals surface area contributed by atoms with Crippen LogP contribution in [-0.4, -0.2) is 47.3 Å². The molecule has 0 saturated carbocycles. The van der Waals surface area contributed by atoms with Gasteiger partial charge in [-0.3, -0.25) is 19.5 Å². The first-order chi connectivity index (χ1) is 11.2. The van der Waals surface area contributed by atoms with Gasteiger partial charge in [-0.1, -0.05) is 0 Å². The number of aromatic nitrogens is 1. The van der Waals surface area contributed by atoms with E-state index in [0.29, 0.717) is 22.5 Å². The number of nitrogens with one attached hydrogen (secondary N) is 1. The van der Waals surface area contributed by atoms with Crippen LogP contribution in [0.15, 0.2) is 18.3 Å². The van der Waals surface area contributed by atoms with Gasteiger partial charge in [0.05, 0.1) is 4.88 Å². The number of aldehydes is 1. The van der Waals surface area contributed by atoms with Crippen LogP contribution in [0.4, 0.5) is 0 Å². The molecule has 6 heteroatoms. The van der Waals surface area contributed by atoms with Crippen molar-refractivity contribution in [1.82, 2.24) is 15.2 Å². The lowest BCUT2D eigenvalue weighted by Crippen LogP contribution is -2.62. The number of rotatable bonds is 3.